The Balaban J connectivity index is 1.62. The molecule has 0 bridgehead atoms. The summed E-state index contributed by atoms with van der Waals surface area (Å²) >= 11 is 0. The molecule has 0 radical (unpaired) electrons. The van der Waals surface area contributed by atoms with Crippen molar-refractivity contribution >= 4 is 26.1 Å². The molecule has 0 aliphatic carbocycles. The lowest BCUT2D eigenvalue weighted by Gasteiger charge is -2.37. The summed E-state index contributed by atoms with van der Waals surface area (Å²) in [7, 11) is 3.35. The second kappa shape index (κ2) is 12.4. The van der Waals surface area contributed by atoms with Crippen LogP contribution in [0.1, 0.15) is 48.2 Å². The summed E-state index contributed by atoms with van der Waals surface area (Å²) in [6.07, 6.45) is 2.82. The molecule has 1 aliphatic rings. The number of pyridine rings is 1. The Kier molecular flexibility index (Phi) is 8.77. The number of likely N-dealkylation sites (tertiary alicyclic amines) is 1. The van der Waals surface area contributed by atoms with Crippen LogP contribution in [0.2, 0.25) is 0 Å². The van der Waals surface area contributed by atoms with E-state index in [9.17, 15) is 28.0 Å². The average Bonchev–Trinajstić information content (AvgIpc) is 2.98. The molecule has 1 fully saturated rings. The van der Waals surface area contributed by atoms with E-state index in [4.69, 9.17) is 4.98 Å². The lowest BCUT2D eigenvalue weighted by atomic mass is 9.73. The minimum absolute atomic E-state index is 0.0625. The number of rotatable bonds is 8. The maximum Gasteiger partial charge on any atom is 0.286 e. The molecule has 1 saturated heterocycles. The topological polar surface area (TPSA) is 91.9 Å². The number of alkyl halides is 2. The maximum absolute atomic E-state index is 14.2. The summed E-state index contributed by atoms with van der Waals surface area (Å²) in [5.41, 5.74) is -3.18. The number of carbonyl (C=O) groups excluding carboxylic acids is 1. The van der Waals surface area contributed by atoms with Crippen LogP contribution in [0.5, 0.6) is 0 Å². The fraction of sp³-hybridized carbons (Fsp3) is 0.344. The third-order valence-electron chi connectivity index (χ3n) is 8.28. The molecule has 222 valence electrons. The molecule has 0 saturated carbocycles. The van der Waals surface area contributed by atoms with E-state index in [0.717, 1.165) is 38.1 Å². The summed E-state index contributed by atoms with van der Waals surface area (Å²) in [6, 6.07) is 15.3. The van der Waals surface area contributed by atoms with Crippen molar-refractivity contribution in [2.75, 3.05) is 20.1 Å². The number of aromatic nitrogens is 3. The summed E-state index contributed by atoms with van der Waals surface area (Å²) in [5, 5.41) is 9.60. The van der Waals surface area contributed by atoms with Crippen LogP contribution in [0.25, 0.3) is 16.7 Å². The second-order valence-corrected chi connectivity index (χ2v) is 11.9. The Morgan fingerprint density at radius 1 is 1.16 bits per heavy atom. The molecule has 0 amide bonds. The lowest BCUT2D eigenvalue weighted by Crippen LogP contribution is -2.40. The zero-order valence-electron chi connectivity index (χ0n) is 23.8. The van der Waals surface area contributed by atoms with Gasteiger partial charge in [0.2, 0.25) is 0 Å². The van der Waals surface area contributed by atoms with Gasteiger partial charge < -0.3 is 4.90 Å². The first-order valence-corrected chi connectivity index (χ1v) is 14.6. The van der Waals surface area contributed by atoms with Crippen LogP contribution in [0.4, 0.5) is 13.2 Å². The number of nitrogens with zero attached hydrogens (tertiary/aromatic N) is 5. The Bertz CT molecular complexity index is 1760. The summed E-state index contributed by atoms with van der Waals surface area (Å²) in [4.78, 5) is 39.4. The number of halogens is 3. The maximum atomic E-state index is 14.2. The second-order valence-electron chi connectivity index (χ2n) is 11.2. The number of carbonyl (C=O) groups is 1. The van der Waals surface area contributed by atoms with Gasteiger partial charge in [-0.1, -0.05) is 22.2 Å². The molecule has 7 nitrogen and oxygen atoms in total. The first-order chi connectivity index (χ1) is 20.5. The van der Waals surface area contributed by atoms with Crippen molar-refractivity contribution < 1.29 is 18.0 Å². The van der Waals surface area contributed by atoms with E-state index in [-0.39, 0.29) is 34.9 Å². The van der Waals surface area contributed by atoms with Gasteiger partial charge in [0.15, 0.2) is 5.65 Å². The molecule has 43 heavy (non-hydrogen) atoms. The van der Waals surface area contributed by atoms with Gasteiger partial charge >= 0.3 is 0 Å². The molecule has 3 atom stereocenters. The molecular formula is C32H31F3N5O2P. The molecule has 0 spiro atoms. The van der Waals surface area contributed by atoms with Gasteiger partial charge in [-0.15, -0.1) is 0 Å². The third kappa shape index (κ3) is 6.39. The van der Waals surface area contributed by atoms with Gasteiger partial charge in [0, 0.05) is 24.5 Å². The highest BCUT2D eigenvalue weighted by Crippen LogP contribution is 2.39. The van der Waals surface area contributed by atoms with Gasteiger partial charge in [0.1, 0.15) is 17.4 Å². The van der Waals surface area contributed by atoms with Crippen molar-refractivity contribution in [1.29, 1.82) is 5.26 Å². The first kappa shape index (κ1) is 30.5. The Morgan fingerprint density at radius 3 is 2.51 bits per heavy atom. The zero-order valence-corrected chi connectivity index (χ0v) is 25.0. The van der Waals surface area contributed by atoms with Gasteiger partial charge in [-0.25, -0.2) is 14.4 Å². The van der Waals surface area contributed by atoms with E-state index in [0.29, 0.717) is 22.5 Å². The Hall–Kier alpha value is -3.93. The highest BCUT2D eigenvalue weighted by Gasteiger charge is 2.38. The number of ketones is 1. The predicted molar refractivity (Wildman–Crippen MR) is 161 cm³/mol. The standard InChI is InChI=1S/C32H31F3N5O2P/c1-19(30-38-29-24(4-3-13-37-29)31(42)40(30)23-8-5-20(18-36)6-9-23)28(22-11-14-39(2)15-12-22)27(41)17-21-7-10-26(33)25(16-21)32(34,35)43/h3-10,13,16,19,22,28H,11-12,14-15,17,43H2,1-2H3. The van der Waals surface area contributed by atoms with Crippen LogP contribution < -0.4 is 5.56 Å². The van der Waals surface area contributed by atoms with Gasteiger partial charge in [-0.05, 0) is 93.0 Å². The number of nitriles is 1. The minimum Gasteiger partial charge on any atom is -0.306 e. The molecule has 1 aliphatic heterocycles. The Labute approximate surface area is 249 Å². The number of fused-ring (bicyclic) bond motifs is 1. The lowest BCUT2D eigenvalue weighted by molar-refractivity contribution is -0.125. The van der Waals surface area contributed by atoms with Gasteiger partial charge in [0.25, 0.3) is 11.2 Å². The molecule has 4 aromatic rings. The SMILES string of the molecule is CC(c1nc2ncccc2c(=O)n1-c1ccc(C#N)cc1)C(C(=O)Cc1ccc(F)c(C(F)(F)P)c1)C1CCN(C)CC1. The van der Waals surface area contributed by atoms with Crippen LogP contribution in [0, 0.1) is 29.0 Å². The quantitative estimate of drug-likeness (QED) is 0.243. The number of hydrogen-bond acceptors (Lipinski definition) is 6. The summed E-state index contributed by atoms with van der Waals surface area (Å²) < 4.78 is 43.8. The number of benzene rings is 2. The zero-order chi connectivity index (χ0) is 30.9. The Morgan fingerprint density at radius 2 is 1.86 bits per heavy atom. The van der Waals surface area contributed by atoms with E-state index in [1.807, 2.05) is 14.0 Å². The van der Waals surface area contributed by atoms with Crippen LogP contribution in [0.15, 0.2) is 65.6 Å². The fourth-order valence-corrected chi connectivity index (χ4v) is 6.25. The van der Waals surface area contributed by atoms with E-state index < -0.39 is 28.9 Å². The molecular weight excluding hydrogens is 574 g/mol. The average molecular weight is 606 g/mol. The van der Waals surface area contributed by atoms with Crippen molar-refractivity contribution in [1.82, 2.24) is 19.4 Å². The van der Waals surface area contributed by atoms with Crippen molar-refractivity contribution in [3.63, 3.8) is 0 Å². The monoisotopic (exact) mass is 605 g/mol. The largest absolute Gasteiger partial charge is 0.306 e. The summed E-state index contributed by atoms with van der Waals surface area (Å²) in [6.45, 7) is 3.40. The predicted octanol–water partition coefficient (Wildman–Crippen LogP) is 5.59. The number of hydrogen-bond donors (Lipinski definition) is 0. The number of Topliss-reactive ketones (excluding diaryl/α,β-unsaturated/α-hetero) is 1. The summed E-state index contributed by atoms with van der Waals surface area (Å²) in [5.74, 6) is -2.15. The minimum atomic E-state index is -3.48. The van der Waals surface area contributed by atoms with Gasteiger partial charge in [-0.2, -0.15) is 14.0 Å². The smallest absolute Gasteiger partial charge is 0.286 e. The van der Waals surface area contributed by atoms with Gasteiger partial charge in [-0.3, -0.25) is 14.2 Å². The van der Waals surface area contributed by atoms with Crippen LogP contribution in [-0.4, -0.2) is 45.4 Å². The van der Waals surface area contributed by atoms with Crippen molar-refractivity contribution in [2.45, 2.75) is 37.8 Å². The molecule has 0 N–H and O–H groups in total. The fourth-order valence-electron chi connectivity index (χ4n) is 6.03. The molecule has 2 aromatic carbocycles. The van der Waals surface area contributed by atoms with Crippen LogP contribution in [-0.2, 0) is 16.9 Å². The van der Waals surface area contributed by atoms with Crippen LogP contribution in [0.3, 0.4) is 0 Å². The third-order valence-corrected chi connectivity index (χ3v) is 8.59. The molecule has 11 heteroatoms. The van der Waals surface area contributed by atoms with Crippen LogP contribution >= 0.6 is 9.24 Å². The molecule has 3 heterocycles. The molecule has 2 aromatic heterocycles. The van der Waals surface area contributed by atoms with Crippen molar-refractivity contribution in [3.8, 4) is 11.8 Å². The van der Waals surface area contributed by atoms with Gasteiger partial charge in [0.05, 0.1) is 28.3 Å². The van der Waals surface area contributed by atoms with Crippen molar-refractivity contribution in [3.05, 3.63) is 99.5 Å². The highest BCUT2D eigenvalue weighted by molar-refractivity contribution is 7.17. The van der Waals surface area contributed by atoms with E-state index in [2.05, 4.69) is 16.0 Å². The highest BCUT2D eigenvalue weighted by atomic mass is 31.0. The first-order valence-electron chi connectivity index (χ1n) is 14.0. The normalized spacial score (nSPS) is 16.1. The van der Waals surface area contributed by atoms with E-state index in [1.54, 1.807) is 42.6 Å². The number of piperidine rings is 1. The van der Waals surface area contributed by atoms with Crippen molar-refractivity contribution in [2.24, 2.45) is 11.8 Å². The van der Waals surface area contributed by atoms with E-state index >= 15 is 0 Å². The molecule has 3 unspecified atom stereocenters. The molecule has 5 rings (SSSR count). The van der Waals surface area contributed by atoms with E-state index in [1.165, 1.54) is 19.9 Å².